The Morgan fingerprint density at radius 1 is 1.40 bits per heavy atom. The molecule has 0 saturated heterocycles. The van der Waals surface area contributed by atoms with E-state index in [9.17, 15) is 5.11 Å². The molecule has 3 nitrogen and oxygen atoms in total. The number of aliphatic hydroxyl groups is 1. The molecule has 0 aliphatic carbocycles. The summed E-state index contributed by atoms with van der Waals surface area (Å²) in [4.78, 5) is 0. The van der Waals surface area contributed by atoms with Gasteiger partial charge in [-0.1, -0.05) is 24.6 Å². The zero-order valence-corrected chi connectivity index (χ0v) is 9.33. The Hall–Kier alpha value is -1.06. The van der Waals surface area contributed by atoms with Crippen LogP contribution < -0.4 is 5.32 Å². The van der Waals surface area contributed by atoms with E-state index in [2.05, 4.69) is 5.32 Å². The van der Waals surface area contributed by atoms with Crippen molar-refractivity contribution in [2.75, 3.05) is 13.2 Å². The summed E-state index contributed by atoms with van der Waals surface area (Å²) in [6, 6.07) is 5.56. The van der Waals surface area contributed by atoms with Crippen LogP contribution >= 0.6 is 0 Å². The second-order valence-corrected chi connectivity index (χ2v) is 4.05. The second-order valence-electron chi connectivity index (χ2n) is 4.05. The Kier molecular flexibility index (Phi) is 4.59. The predicted octanol–water partition coefficient (Wildman–Crippen LogP) is 1.42. The minimum absolute atomic E-state index is 0.187. The first-order chi connectivity index (χ1) is 7.13. The molecule has 0 heterocycles. The number of phenols is 1. The molecule has 3 N–H and O–H groups in total. The van der Waals surface area contributed by atoms with Gasteiger partial charge in [0.15, 0.2) is 0 Å². The van der Waals surface area contributed by atoms with Crippen LogP contribution in [0.15, 0.2) is 18.2 Å². The highest BCUT2D eigenvalue weighted by Gasteiger charge is 2.02. The Labute approximate surface area is 90.8 Å². The molecule has 0 fully saturated rings. The Morgan fingerprint density at radius 3 is 2.80 bits per heavy atom. The molecule has 0 bridgehead atoms. The van der Waals surface area contributed by atoms with Gasteiger partial charge in [-0.05, 0) is 18.9 Å². The van der Waals surface area contributed by atoms with Crippen molar-refractivity contribution in [2.45, 2.75) is 20.4 Å². The van der Waals surface area contributed by atoms with Crippen LogP contribution in [0.2, 0.25) is 0 Å². The van der Waals surface area contributed by atoms with Crippen molar-refractivity contribution in [1.29, 1.82) is 0 Å². The van der Waals surface area contributed by atoms with E-state index in [1.165, 1.54) is 0 Å². The predicted molar refractivity (Wildman–Crippen MR) is 60.8 cm³/mol. The fourth-order valence-electron chi connectivity index (χ4n) is 1.37. The number of hydrogen-bond acceptors (Lipinski definition) is 3. The Bertz CT molecular complexity index is 312. The number of aryl methyl sites for hydroxylation is 1. The molecule has 0 amide bonds. The van der Waals surface area contributed by atoms with Crippen LogP contribution in [0.4, 0.5) is 0 Å². The van der Waals surface area contributed by atoms with Crippen molar-refractivity contribution < 1.29 is 10.2 Å². The average molecular weight is 209 g/mol. The van der Waals surface area contributed by atoms with Crippen LogP contribution in [0.3, 0.4) is 0 Å². The van der Waals surface area contributed by atoms with Gasteiger partial charge >= 0.3 is 0 Å². The van der Waals surface area contributed by atoms with Gasteiger partial charge in [0.1, 0.15) is 5.75 Å². The molecular weight excluding hydrogens is 190 g/mol. The van der Waals surface area contributed by atoms with Crippen molar-refractivity contribution in [1.82, 2.24) is 5.32 Å². The molecule has 0 spiro atoms. The summed E-state index contributed by atoms with van der Waals surface area (Å²) < 4.78 is 0. The molecule has 3 heteroatoms. The highest BCUT2D eigenvalue weighted by Crippen LogP contribution is 2.17. The maximum absolute atomic E-state index is 9.57. The van der Waals surface area contributed by atoms with E-state index in [0.717, 1.165) is 17.7 Å². The fourth-order valence-corrected chi connectivity index (χ4v) is 1.37. The first kappa shape index (κ1) is 12.0. The maximum Gasteiger partial charge on any atom is 0.120 e. The van der Waals surface area contributed by atoms with E-state index in [-0.39, 0.29) is 12.5 Å². The topological polar surface area (TPSA) is 52.5 Å². The van der Waals surface area contributed by atoms with Gasteiger partial charge in [0.05, 0.1) is 0 Å². The van der Waals surface area contributed by atoms with Gasteiger partial charge in [-0.25, -0.2) is 0 Å². The standard InChI is InChI=1S/C12H19NO2/c1-9-3-4-12(15)11(5-9)7-13-6-10(2)8-14/h3-5,10,13-15H,6-8H2,1-2H3. The number of rotatable bonds is 5. The number of aliphatic hydroxyl groups excluding tert-OH is 1. The number of aromatic hydroxyl groups is 1. The molecule has 1 atom stereocenters. The van der Waals surface area contributed by atoms with Crippen molar-refractivity contribution in [3.8, 4) is 5.75 Å². The number of nitrogens with one attached hydrogen (secondary N) is 1. The van der Waals surface area contributed by atoms with Gasteiger partial charge in [0.2, 0.25) is 0 Å². The van der Waals surface area contributed by atoms with E-state index < -0.39 is 0 Å². The molecule has 1 unspecified atom stereocenters. The molecule has 0 saturated carbocycles. The maximum atomic E-state index is 9.57. The van der Waals surface area contributed by atoms with E-state index in [1.807, 2.05) is 26.0 Å². The van der Waals surface area contributed by atoms with E-state index in [0.29, 0.717) is 12.3 Å². The Balaban J connectivity index is 2.46. The smallest absolute Gasteiger partial charge is 0.120 e. The summed E-state index contributed by atoms with van der Waals surface area (Å²) in [5, 5.41) is 21.6. The Morgan fingerprint density at radius 2 is 2.13 bits per heavy atom. The first-order valence-electron chi connectivity index (χ1n) is 5.23. The van der Waals surface area contributed by atoms with E-state index in [1.54, 1.807) is 6.07 Å². The largest absolute Gasteiger partial charge is 0.508 e. The highest BCUT2D eigenvalue weighted by atomic mass is 16.3. The van der Waals surface area contributed by atoms with Gasteiger partial charge in [-0.3, -0.25) is 0 Å². The van der Waals surface area contributed by atoms with Gasteiger partial charge in [0, 0.05) is 25.3 Å². The lowest BCUT2D eigenvalue weighted by Crippen LogP contribution is -2.22. The lowest BCUT2D eigenvalue weighted by atomic mass is 10.1. The first-order valence-corrected chi connectivity index (χ1v) is 5.23. The summed E-state index contributed by atoms with van der Waals surface area (Å²) in [7, 11) is 0. The summed E-state index contributed by atoms with van der Waals surface area (Å²) in [5.74, 6) is 0.571. The van der Waals surface area contributed by atoms with Gasteiger partial charge in [-0.15, -0.1) is 0 Å². The zero-order valence-electron chi connectivity index (χ0n) is 9.33. The zero-order chi connectivity index (χ0) is 11.3. The van der Waals surface area contributed by atoms with Gasteiger partial charge < -0.3 is 15.5 Å². The molecule has 0 radical (unpaired) electrons. The lowest BCUT2D eigenvalue weighted by Gasteiger charge is -2.10. The minimum atomic E-state index is 0.187. The van der Waals surface area contributed by atoms with Gasteiger partial charge in [-0.2, -0.15) is 0 Å². The van der Waals surface area contributed by atoms with Crippen molar-refractivity contribution >= 4 is 0 Å². The van der Waals surface area contributed by atoms with E-state index in [4.69, 9.17) is 5.11 Å². The molecule has 0 aliphatic heterocycles. The summed E-state index contributed by atoms with van der Waals surface area (Å²) in [6.45, 7) is 5.55. The molecule has 0 aromatic heterocycles. The third kappa shape index (κ3) is 3.90. The minimum Gasteiger partial charge on any atom is -0.508 e. The van der Waals surface area contributed by atoms with E-state index >= 15 is 0 Å². The molecule has 0 aliphatic rings. The molecule has 1 aromatic carbocycles. The monoisotopic (exact) mass is 209 g/mol. The van der Waals surface area contributed by atoms with Crippen molar-refractivity contribution in [2.24, 2.45) is 5.92 Å². The van der Waals surface area contributed by atoms with Gasteiger partial charge in [0.25, 0.3) is 0 Å². The molecule has 15 heavy (non-hydrogen) atoms. The second kappa shape index (κ2) is 5.73. The van der Waals surface area contributed by atoms with Crippen LogP contribution in [-0.4, -0.2) is 23.4 Å². The normalized spacial score (nSPS) is 12.7. The molecule has 1 aromatic rings. The third-order valence-corrected chi connectivity index (χ3v) is 2.35. The SMILES string of the molecule is Cc1ccc(O)c(CNCC(C)CO)c1. The van der Waals surface area contributed by atoms with Crippen molar-refractivity contribution in [3.63, 3.8) is 0 Å². The highest BCUT2D eigenvalue weighted by molar-refractivity contribution is 5.35. The molecule has 84 valence electrons. The van der Waals surface area contributed by atoms with Crippen LogP contribution in [0.1, 0.15) is 18.1 Å². The van der Waals surface area contributed by atoms with Crippen LogP contribution in [0.5, 0.6) is 5.75 Å². The molecular formula is C12H19NO2. The van der Waals surface area contributed by atoms with Crippen molar-refractivity contribution in [3.05, 3.63) is 29.3 Å². The fraction of sp³-hybridized carbons (Fsp3) is 0.500. The summed E-state index contributed by atoms with van der Waals surface area (Å²) >= 11 is 0. The average Bonchev–Trinajstić information content (AvgIpc) is 2.23. The number of hydrogen-bond donors (Lipinski definition) is 3. The van der Waals surface area contributed by atoms with Crippen LogP contribution in [0.25, 0.3) is 0 Å². The molecule has 1 rings (SSSR count). The quantitative estimate of drug-likeness (QED) is 0.687. The lowest BCUT2D eigenvalue weighted by molar-refractivity contribution is 0.233. The van der Waals surface area contributed by atoms with Crippen LogP contribution in [-0.2, 0) is 6.54 Å². The number of phenolic OH excluding ortho intramolecular Hbond substituents is 1. The van der Waals surface area contributed by atoms with Crippen LogP contribution in [0, 0.1) is 12.8 Å². The summed E-state index contributed by atoms with van der Waals surface area (Å²) in [6.07, 6.45) is 0. The number of benzene rings is 1. The third-order valence-electron chi connectivity index (χ3n) is 2.35. The summed E-state index contributed by atoms with van der Waals surface area (Å²) in [5.41, 5.74) is 2.04.